The zero-order valence-corrected chi connectivity index (χ0v) is 15.9. The summed E-state index contributed by atoms with van der Waals surface area (Å²) in [6.45, 7) is 1.52. The average Bonchev–Trinajstić information content (AvgIpc) is 3.22. The molecule has 0 bridgehead atoms. The van der Waals surface area contributed by atoms with Gasteiger partial charge in [0.05, 0.1) is 13.2 Å². The largest absolute Gasteiger partial charge is 0.481 e. The Labute approximate surface area is 162 Å². The van der Waals surface area contributed by atoms with Gasteiger partial charge in [-0.05, 0) is 40.8 Å². The molecule has 2 amide bonds. The fourth-order valence-corrected chi connectivity index (χ4v) is 3.88. The molecular weight excluding hydrogens is 364 g/mol. The van der Waals surface area contributed by atoms with Gasteiger partial charge in [0, 0.05) is 19.0 Å². The van der Waals surface area contributed by atoms with Crippen LogP contribution in [0.15, 0.2) is 47.2 Å². The molecule has 1 aliphatic rings. The molecule has 144 valence electrons. The molecular formula is C20H24N2O4S. The summed E-state index contributed by atoms with van der Waals surface area (Å²) < 4.78 is 5.79. The molecule has 1 fully saturated rings. The number of morpholine rings is 1. The number of carboxylic acids is 1. The van der Waals surface area contributed by atoms with Crippen molar-refractivity contribution >= 4 is 23.3 Å². The van der Waals surface area contributed by atoms with E-state index in [0.29, 0.717) is 32.5 Å². The normalized spacial score (nSPS) is 18.1. The molecule has 2 N–H and O–H groups in total. The summed E-state index contributed by atoms with van der Waals surface area (Å²) in [6, 6.07) is 11.4. The third-order valence-electron chi connectivity index (χ3n) is 4.63. The molecule has 27 heavy (non-hydrogen) atoms. The van der Waals surface area contributed by atoms with Gasteiger partial charge in [0.15, 0.2) is 0 Å². The lowest BCUT2D eigenvalue weighted by Crippen LogP contribution is -2.50. The van der Waals surface area contributed by atoms with Crippen molar-refractivity contribution in [1.29, 1.82) is 0 Å². The van der Waals surface area contributed by atoms with Crippen LogP contribution in [-0.2, 0) is 16.0 Å². The molecule has 2 aromatic rings. The molecule has 2 atom stereocenters. The fraction of sp³-hybridized carbons (Fsp3) is 0.400. The molecule has 0 spiro atoms. The molecule has 0 saturated carbocycles. The molecule has 2 unspecified atom stereocenters. The van der Waals surface area contributed by atoms with Crippen LogP contribution < -0.4 is 5.32 Å². The Balaban J connectivity index is 1.61. The molecule has 3 rings (SSSR count). The van der Waals surface area contributed by atoms with E-state index in [0.717, 1.165) is 11.1 Å². The number of rotatable bonds is 7. The lowest BCUT2D eigenvalue weighted by molar-refractivity contribution is -0.137. The van der Waals surface area contributed by atoms with Gasteiger partial charge in [0.25, 0.3) is 0 Å². The average molecular weight is 388 g/mol. The van der Waals surface area contributed by atoms with E-state index in [1.54, 1.807) is 16.2 Å². The number of nitrogens with one attached hydrogen (secondary N) is 1. The van der Waals surface area contributed by atoms with Crippen LogP contribution in [0.3, 0.4) is 0 Å². The number of urea groups is 1. The van der Waals surface area contributed by atoms with E-state index in [2.05, 4.69) is 5.32 Å². The molecule has 7 heteroatoms. The minimum Gasteiger partial charge on any atom is -0.481 e. The zero-order valence-electron chi connectivity index (χ0n) is 15.0. The number of hydrogen-bond acceptors (Lipinski definition) is 4. The van der Waals surface area contributed by atoms with Crippen molar-refractivity contribution in [3.63, 3.8) is 0 Å². The van der Waals surface area contributed by atoms with E-state index in [1.165, 1.54) is 0 Å². The van der Waals surface area contributed by atoms with Gasteiger partial charge in [-0.2, -0.15) is 11.3 Å². The SMILES string of the molecule is O=C(O)CCC(Cc1ccccc1)NC(=O)N1CCOC(c2ccsc2)C1. The van der Waals surface area contributed by atoms with E-state index < -0.39 is 5.97 Å². The Morgan fingerprint density at radius 3 is 2.81 bits per heavy atom. The summed E-state index contributed by atoms with van der Waals surface area (Å²) in [4.78, 5) is 25.5. The number of hydrogen-bond donors (Lipinski definition) is 2. The molecule has 6 nitrogen and oxygen atoms in total. The number of nitrogens with zero attached hydrogens (tertiary/aromatic N) is 1. The molecule has 1 aromatic heterocycles. The number of aliphatic carboxylic acids is 1. The van der Waals surface area contributed by atoms with Crippen LogP contribution in [0, 0.1) is 0 Å². The van der Waals surface area contributed by atoms with Crippen LogP contribution >= 0.6 is 11.3 Å². The molecule has 1 aromatic carbocycles. The van der Waals surface area contributed by atoms with Crippen LogP contribution in [0.5, 0.6) is 0 Å². The van der Waals surface area contributed by atoms with Gasteiger partial charge < -0.3 is 20.1 Å². The fourth-order valence-electron chi connectivity index (χ4n) is 3.18. The lowest BCUT2D eigenvalue weighted by atomic mass is 10.0. The number of ether oxygens (including phenoxy) is 1. The number of thiophene rings is 1. The summed E-state index contributed by atoms with van der Waals surface area (Å²) >= 11 is 1.61. The maximum absolute atomic E-state index is 12.8. The van der Waals surface area contributed by atoms with Gasteiger partial charge >= 0.3 is 12.0 Å². The van der Waals surface area contributed by atoms with Crippen molar-refractivity contribution in [1.82, 2.24) is 10.2 Å². The summed E-state index contributed by atoms with van der Waals surface area (Å²) in [5.74, 6) is -0.855. The Hall–Kier alpha value is -2.38. The second-order valence-corrected chi connectivity index (χ2v) is 7.41. The van der Waals surface area contributed by atoms with E-state index in [9.17, 15) is 9.59 Å². The van der Waals surface area contributed by atoms with Crippen LogP contribution in [0.4, 0.5) is 4.79 Å². The van der Waals surface area contributed by atoms with Gasteiger partial charge in [0.1, 0.15) is 6.10 Å². The first-order chi connectivity index (χ1) is 13.1. The molecule has 1 aliphatic heterocycles. The molecule has 0 radical (unpaired) electrons. The predicted octanol–water partition coefficient (Wildman–Crippen LogP) is 3.31. The van der Waals surface area contributed by atoms with Crippen LogP contribution in [0.2, 0.25) is 0 Å². The van der Waals surface area contributed by atoms with Crippen LogP contribution in [-0.4, -0.2) is 47.7 Å². The number of benzene rings is 1. The van der Waals surface area contributed by atoms with E-state index in [1.807, 2.05) is 47.2 Å². The zero-order chi connectivity index (χ0) is 19.1. The highest BCUT2D eigenvalue weighted by molar-refractivity contribution is 7.07. The molecule has 2 heterocycles. The van der Waals surface area contributed by atoms with Crippen LogP contribution in [0.1, 0.15) is 30.1 Å². The van der Waals surface area contributed by atoms with Crippen molar-refractivity contribution < 1.29 is 19.4 Å². The van der Waals surface area contributed by atoms with Crippen molar-refractivity contribution in [2.24, 2.45) is 0 Å². The Kier molecular flexibility index (Phi) is 6.84. The second kappa shape index (κ2) is 9.53. The Morgan fingerprint density at radius 1 is 1.30 bits per heavy atom. The van der Waals surface area contributed by atoms with Gasteiger partial charge in [-0.15, -0.1) is 0 Å². The van der Waals surface area contributed by atoms with Gasteiger partial charge in [-0.25, -0.2) is 4.79 Å². The minimum absolute atomic E-state index is 0.0262. The van der Waals surface area contributed by atoms with Crippen molar-refractivity contribution in [2.75, 3.05) is 19.7 Å². The predicted molar refractivity (Wildman–Crippen MR) is 104 cm³/mol. The third kappa shape index (κ3) is 5.80. The van der Waals surface area contributed by atoms with Crippen molar-refractivity contribution in [3.8, 4) is 0 Å². The maximum atomic E-state index is 12.8. The highest BCUT2D eigenvalue weighted by atomic mass is 32.1. The number of carbonyl (C=O) groups excluding carboxylic acids is 1. The topological polar surface area (TPSA) is 78.9 Å². The first-order valence-electron chi connectivity index (χ1n) is 9.06. The smallest absolute Gasteiger partial charge is 0.317 e. The lowest BCUT2D eigenvalue weighted by Gasteiger charge is -2.34. The first-order valence-corrected chi connectivity index (χ1v) is 10.0. The molecule has 1 saturated heterocycles. The second-order valence-electron chi connectivity index (χ2n) is 6.63. The summed E-state index contributed by atoms with van der Waals surface area (Å²) in [5.41, 5.74) is 2.16. The number of amides is 2. The highest BCUT2D eigenvalue weighted by Gasteiger charge is 2.27. The number of carboxylic acid groups (broad SMARTS) is 1. The van der Waals surface area contributed by atoms with E-state index in [4.69, 9.17) is 9.84 Å². The summed E-state index contributed by atoms with van der Waals surface area (Å²) in [7, 11) is 0. The van der Waals surface area contributed by atoms with Gasteiger partial charge in [-0.1, -0.05) is 30.3 Å². The Morgan fingerprint density at radius 2 is 2.11 bits per heavy atom. The van der Waals surface area contributed by atoms with Crippen LogP contribution in [0.25, 0.3) is 0 Å². The maximum Gasteiger partial charge on any atom is 0.317 e. The number of carbonyl (C=O) groups is 2. The third-order valence-corrected chi connectivity index (χ3v) is 5.33. The first kappa shape index (κ1) is 19.4. The van der Waals surface area contributed by atoms with Crippen molar-refractivity contribution in [2.45, 2.75) is 31.4 Å². The monoisotopic (exact) mass is 388 g/mol. The quantitative estimate of drug-likeness (QED) is 0.763. The molecule has 0 aliphatic carbocycles. The standard InChI is InChI=1S/C20H24N2O4S/c23-19(24)7-6-17(12-15-4-2-1-3-5-15)21-20(25)22-9-10-26-18(13-22)16-8-11-27-14-16/h1-5,8,11,14,17-18H,6-7,9-10,12-13H2,(H,21,25)(H,23,24). The van der Waals surface area contributed by atoms with Gasteiger partial charge in [-0.3, -0.25) is 4.79 Å². The van der Waals surface area contributed by atoms with Crippen molar-refractivity contribution in [3.05, 3.63) is 58.3 Å². The summed E-state index contributed by atoms with van der Waals surface area (Å²) in [5, 5.41) is 16.1. The Bertz CT molecular complexity index is 736. The summed E-state index contributed by atoms with van der Waals surface area (Å²) in [6.07, 6.45) is 0.924. The minimum atomic E-state index is -0.855. The van der Waals surface area contributed by atoms with E-state index >= 15 is 0 Å². The van der Waals surface area contributed by atoms with Gasteiger partial charge in [0.2, 0.25) is 0 Å². The van der Waals surface area contributed by atoms with E-state index in [-0.39, 0.29) is 24.6 Å². The highest BCUT2D eigenvalue weighted by Crippen LogP contribution is 2.24.